The highest BCUT2D eigenvalue weighted by Gasteiger charge is 2.51. The van der Waals surface area contributed by atoms with Crippen LogP contribution in [0.15, 0.2) is 41.3 Å². The van der Waals surface area contributed by atoms with Crippen LogP contribution in [0.4, 0.5) is 0 Å². The van der Waals surface area contributed by atoms with E-state index in [1.165, 1.54) is 0 Å². The van der Waals surface area contributed by atoms with E-state index in [-0.39, 0.29) is 11.7 Å². The Balaban J connectivity index is 1.81. The summed E-state index contributed by atoms with van der Waals surface area (Å²) in [5.41, 5.74) is 0.599. The van der Waals surface area contributed by atoms with Crippen LogP contribution in [-0.4, -0.2) is 29.0 Å². The smallest absolute Gasteiger partial charge is 0.491 e. The van der Waals surface area contributed by atoms with Crippen molar-refractivity contribution in [2.24, 2.45) is 0 Å². The number of hydrogen-bond acceptors (Lipinski definition) is 4. The second-order valence-electron chi connectivity index (χ2n) is 8.48. The average Bonchev–Trinajstić information content (AvgIpc) is 2.76. The molecule has 150 valence electrons. The van der Waals surface area contributed by atoms with E-state index in [1.54, 1.807) is 22.9 Å². The Labute approximate surface area is 171 Å². The zero-order valence-corrected chi connectivity index (χ0v) is 18.0. The molecule has 7 heteroatoms. The van der Waals surface area contributed by atoms with Gasteiger partial charge in [-0.25, -0.2) is 0 Å². The number of nitrogens with zero attached hydrogens (tertiary/aromatic N) is 1. The molecule has 1 aliphatic rings. The third-order valence-electron chi connectivity index (χ3n) is 5.20. The molecule has 1 aromatic carbocycles. The van der Waals surface area contributed by atoms with Gasteiger partial charge in [-0.3, -0.25) is 4.79 Å². The van der Waals surface area contributed by atoms with Gasteiger partial charge in [-0.15, -0.1) is 0 Å². The third kappa shape index (κ3) is 4.45. The van der Waals surface area contributed by atoms with Crippen LogP contribution in [0.2, 0.25) is 5.02 Å². The van der Waals surface area contributed by atoms with Gasteiger partial charge < -0.3 is 18.6 Å². The molecule has 5 nitrogen and oxygen atoms in total. The fourth-order valence-corrected chi connectivity index (χ4v) is 3.28. The minimum atomic E-state index is -0.551. The van der Waals surface area contributed by atoms with Crippen LogP contribution in [0.5, 0.6) is 5.75 Å². The highest BCUT2D eigenvalue weighted by Crippen LogP contribution is 2.36. The molecule has 0 atom stereocenters. The SMILES string of the molecule is CC(C)Oc1cc(Cl)cc(Cn2ccc(B3OC(C)(C)C(C)(C)O3)cc2=O)c1. The Morgan fingerprint density at radius 3 is 2.32 bits per heavy atom. The molecule has 0 radical (unpaired) electrons. The van der Waals surface area contributed by atoms with Crippen molar-refractivity contribution < 1.29 is 14.0 Å². The lowest BCUT2D eigenvalue weighted by Crippen LogP contribution is -2.41. The summed E-state index contributed by atoms with van der Waals surface area (Å²) in [6.07, 6.45) is 1.81. The van der Waals surface area contributed by atoms with Crippen molar-refractivity contribution in [3.05, 3.63) is 57.5 Å². The van der Waals surface area contributed by atoms with Crippen LogP contribution >= 0.6 is 11.6 Å². The fourth-order valence-electron chi connectivity index (χ4n) is 3.03. The topological polar surface area (TPSA) is 49.7 Å². The normalized spacial score (nSPS) is 17.9. The Morgan fingerprint density at radius 2 is 1.75 bits per heavy atom. The van der Waals surface area contributed by atoms with Crippen LogP contribution in [0.25, 0.3) is 0 Å². The predicted octanol–water partition coefficient (Wildman–Crippen LogP) is 3.64. The molecular formula is C21H27BClNO4. The van der Waals surface area contributed by atoms with Crippen molar-refractivity contribution in [3.63, 3.8) is 0 Å². The fraction of sp³-hybridized carbons (Fsp3) is 0.476. The van der Waals surface area contributed by atoms with Gasteiger partial charge in [0.25, 0.3) is 0 Å². The van der Waals surface area contributed by atoms with Gasteiger partial charge in [0.2, 0.25) is 5.56 Å². The van der Waals surface area contributed by atoms with Crippen LogP contribution in [-0.2, 0) is 15.9 Å². The first-order chi connectivity index (χ1) is 13.0. The average molecular weight is 404 g/mol. The van der Waals surface area contributed by atoms with Gasteiger partial charge in [-0.05, 0) is 76.8 Å². The lowest BCUT2D eigenvalue weighted by molar-refractivity contribution is 0.00578. The molecule has 0 bridgehead atoms. The molecule has 0 aliphatic carbocycles. The van der Waals surface area contributed by atoms with Crippen LogP contribution in [0, 0.1) is 0 Å². The van der Waals surface area contributed by atoms with E-state index in [4.69, 9.17) is 25.6 Å². The summed E-state index contributed by atoms with van der Waals surface area (Å²) in [6, 6.07) is 8.94. The Hall–Kier alpha value is -1.76. The molecule has 0 N–H and O–H groups in total. The second kappa shape index (κ2) is 7.58. The van der Waals surface area contributed by atoms with E-state index in [9.17, 15) is 4.79 Å². The van der Waals surface area contributed by atoms with Crippen molar-refractivity contribution in [2.75, 3.05) is 0 Å². The number of ether oxygens (including phenoxy) is 1. The number of hydrogen-bond donors (Lipinski definition) is 0. The van der Waals surface area contributed by atoms with Gasteiger partial charge in [0.1, 0.15) is 5.75 Å². The first kappa shape index (κ1) is 21.0. The van der Waals surface area contributed by atoms with Crippen molar-refractivity contribution in [1.29, 1.82) is 0 Å². The number of halogens is 1. The lowest BCUT2D eigenvalue weighted by atomic mass is 9.80. The quantitative estimate of drug-likeness (QED) is 0.715. The van der Waals surface area contributed by atoms with Crippen molar-refractivity contribution in [1.82, 2.24) is 4.57 Å². The van der Waals surface area contributed by atoms with Crippen LogP contribution in [0.1, 0.15) is 47.1 Å². The summed E-state index contributed by atoms with van der Waals surface area (Å²) in [5, 5.41) is 0.579. The zero-order valence-electron chi connectivity index (χ0n) is 17.3. The van der Waals surface area contributed by atoms with E-state index in [0.717, 1.165) is 11.0 Å². The molecule has 1 saturated heterocycles. The maximum Gasteiger partial charge on any atom is 0.495 e. The summed E-state index contributed by atoms with van der Waals surface area (Å²) < 4.78 is 19.4. The van der Waals surface area contributed by atoms with Crippen molar-refractivity contribution >= 4 is 24.2 Å². The molecule has 1 aliphatic heterocycles. The highest BCUT2D eigenvalue weighted by atomic mass is 35.5. The van der Waals surface area contributed by atoms with E-state index < -0.39 is 18.3 Å². The second-order valence-corrected chi connectivity index (χ2v) is 8.91. The molecule has 0 saturated carbocycles. The third-order valence-corrected chi connectivity index (χ3v) is 5.42. The maximum absolute atomic E-state index is 12.7. The molecule has 2 aromatic rings. The standard InChI is InChI=1S/C21H27BClNO4/c1-14(2)26-18-10-15(9-17(23)12-18)13-24-8-7-16(11-19(24)25)22-27-20(3,4)21(5,6)28-22/h7-12,14H,13H2,1-6H3. The Morgan fingerprint density at radius 1 is 1.11 bits per heavy atom. The van der Waals surface area contributed by atoms with Gasteiger partial charge in [0.05, 0.1) is 23.9 Å². The number of rotatable bonds is 5. The van der Waals surface area contributed by atoms with Gasteiger partial charge >= 0.3 is 7.12 Å². The lowest BCUT2D eigenvalue weighted by Gasteiger charge is -2.32. The van der Waals surface area contributed by atoms with Crippen LogP contribution in [0.3, 0.4) is 0 Å². The molecular weight excluding hydrogens is 376 g/mol. The molecule has 3 rings (SSSR count). The van der Waals surface area contributed by atoms with Crippen LogP contribution < -0.4 is 15.8 Å². The zero-order chi connectivity index (χ0) is 20.7. The Bertz CT molecular complexity index is 907. The van der Waals surface area contributed by atoms with Gasteiger partial charge in [0, 0.05) is 17.3 Å². The molecule has 1 aromatic heterocycles. The summed E-state index contributed by atoms with van der Waals surface area (Å²) in [7, 11) is -0.551. The summed E-state index contributed by atoms with van der Waals surface area (Å²) >= 11 is 6.20. The number of aromatic nitrogens is 1. The molecule has 0 spiro atoms. The molecule has 0 amide bonds. The predicted molar refractivity (Wildman–Crippen MR) is 113 cm³/mol. The minimum Gasteiger partial charge on any atom is -0.491 e. The van der Waals surface area contributed by atoms with Gasteiger partial charge in [0.15, 0.2) is 0 Å². The largest absolute Gasteiger partial charge is 0.495 e. The number of benzene rings is 1. The summed E-state index contributed by atoms with van der Waals surface area (Å²) in [5.74, 6) is 0.694. The molecule has 2 heterocycles. The molecule has 1 fully saturated rings. The van der Waals surface area contributed by atoms with E-state index in [2.05, 4.69) is 0 Å². The molecule has 28 heavy (non-hydrogen) atoms. The number of pyridine rings is 1. The van der Waals surface area contributed by atoms with E-state index in [0.29, 0.717) is 17.3 Å². The molecule has 0 unspecified atom stereocenters. The summed E-state index contributed by atoms with van der Waals surface area (Å²) in [4.78, 5) is 12.7. The van der Waals surface area contributed by atoms with Crippen molar-refractivity contribution in [3.8, 4) is 5.75 Å². The maximum atomic E-state index is 12.7. The van der Waals surface area contributed by atoms with Crippen molar-refractivity contribution in [2.45, 2.75) is 65.4 Å². The highest BCUT2D eigenvalue weighted by molar-refractivity contribution is 6.62. The first-order valence-corrected chi connectivity index (χ1v) is 9.87. The van der Waals surface area contributed by atoms with E-state index >= 15 is 0 Å². The Kier molecular flexibility index (Phi) is 5.68. The first-order valence-electron chi connectivity index (χ1n) is 9.49. The van der Waals surface area contributed by atoms with Gasteiger partial charge in [-0.2, -0.15) is 0 Å². The minimum absolute atomic E-state index is 0.0493. The summed E-state index contributed by atoms with van der Waals surface area (Å²) in [6.45, 7) is 12.3. The van der Waals surface area contributed by atoms with Gasteiger partial charge in [-0.1, -0.05) is 11.6 Å². The van der Waals surface area contributed by atoms with E-state index in [1.807, 2.05) is 59.7 Å². The monoisotopic (exact) mass is 403 g/mol.